The second-order valence-corrected chi connectivity index (χ2v) is 4.70. The number of hydrogen-bond donors (Lipinski definition) is 0. The SMILES string of the molecule is Cc1cccc(C(C)OCC2CO2)c1Br. The number of hydrogen-bond acceptors (Lipinski definition) is 2. The summed E-state index contributed by atoms with van der Waals surface area (Å²) in [5.74, 6) is 0. The van der Waals surface area contributed by atoms with E-state index in [9.17, 15) is 0 Å². The van der Waals surface area contributed by atoms with Crippen molar-refractivity contribution in [3.05, 3.63) is 33.8 Å². The molecule has 82 valence electrons. The average molecular weight is 271 g/mol. The highest BCUT2D eigenvalue weighted by Gasteiger charge is 2.24. The number of ether oxygens (including phenoxy) is 2. The van der Waals surface area contributed by atoms with Crippen molar-refractivity contribution < 1.29 is 9.47 Å². The first kappa shape index (κ1) is 11.1. The van der Waals surface area contributed by atoms with Gasteiger partial charge < -0.3 is 9.47 Å². The predicted octanol–water partition coefficient (Wildman–Crippen LogP) is 3.23. The fourth-order valence-corrected chi connectivity index (χ4v) is 2.08. The molecule has 1 aliphatic rings. The van der Waals surface area contributed by atoms with E-state index in [1.807, 2.05) is 0 Å². The van der Waals surface area contributed by atoms with Gasteiger partial charge in [-0.25, -0.2) is 0 Å². The highest BCUT2D eigenvalue weighted by molar-refractivity contribution is 9.10. The summed E-state index contributed by atoms with van der Waals surface area (Å²) in [6, 6.07) is 6.24. The largest absolute Gasteiger partial charge is 0.371 e. The maximum atomic E-state index is 5.73. The Bertz CT molecular complexity index is 347. The van der Waals surface area contributed by atoms with Crippen LogP contribution in [0.4, 0.5) is 0 Å². The molecule has 0 aliphatic carbocycles. The molecule has 0 amide bonds. The topological polar surface area (TPSA) is 21.8 Å². The lowest BCUT2D eigenvalue weighted by Gasteiger charge is -2.15. The van der Waals surface area contributed by atoms with Gasteiger partial charge in [-0.2, -0.15) is 0 Å². The summed E-state index contributed by atoms with van der Waals surface area (Å²) in [6.07, 6.45) is 0.444. The summed E-state index contributed by atoms with van der Waals surface area (Å²) >= 11 is 3.59. The van der Waals surface area contributed by atoms with Crippen LogP contribution in [0.2, 0.25) is 0 Å². The van der Waals surface area contributed by atoms with E-state index in [0.717, 1.165) is 11.1 Å². The highest BCUT2D eigenvalue weighted by atomic mass is 79.9. The molecule has 0 bridgehead atoms. The minimum absolute atomic E-state index is 0.114. The van der Waals surface area contributed by atoms with Crippen molar-refractivity contribution in [1.29, 1.82) is 0 Å². The van der Waals surface area contributed by atoms with Crippen molar-refractivity contribution in [3.8, 4) is 0 Å². The minimum atomic E-state index is 0.114. The first-order valence-electron chi connectivity index (χ1n) is 5.16. The summed E-state index contributed by atoms with van der Waals surface area (Å²) in [5.41, 5.74) is 2.45. The summed E-state index contributed by atoms with van der Waals surface area (Å²) in [4.78, 5) is 0. The van der Waals surface area contributed by atoms with Gasteiger partial charge >= 0.3 is 0 Å². The van der Waals surface area contributed by atoms with E-state index in [4.69, 9.17) is 9.47 Å². The van der Waals surface area contributed by atoms with Crippen LogP contribution in [-0.2, 0) is 9.47 Å². The molecule has 15 heavy (non-hydrogen) atoms. The summed E-state index contributed by atoms with van der Waals surface area (Å²) in [5, 5.41) is 0. The molecule has 1 saturated heterocycles. The minimum Gasteiger partial charge on any atom is -0.371 e. The van der Waals surface area contributed by atoms with E-state index in [1.165, 1.54) is 11.1 Å². The van der Waals surface area contributed by atoms with Gasteiger partial charge in [0.05, 0.1) is 19.3 Å². The second kappa shape index (κ2) is 4.64. The normalized spacial score (nSPS) is 21.4. The molecule has 0 N–H and O–H groups in total. The van der Waals surface area contributed by atoms with E-state index in [1.54, 1.807) is 0 Å². The third-order valence-corrected chi connectivity index (χ3v) is 3.68. The molecule has 1 aliphatic heterocycles. The molecule has 0 radical (unpaired) electrons. The Balaban J connectivity index is 2.02. The van der Waals surface area contributed by atoms with E-state index < -0.39 is 0 Å². The van der Waals surface area contributed by atoms with Crippen molar-refractivity contribution in [3.63, 3.8) is 0 Å². The lowest BCUT2D eigenvalue weighted by Crippen LogP contribution is -2.07. The van der Waals surface area contributed by atoms with Crippen molar-refractivity contribution in [2.75, 3.05) is 13.2 Å². The zero-order chi connectivity index (χ0) is 10.8. The van der Waals surface area contributed by atoms with Crippen LogP contribution in [-0.4, -0.2) is 19.3 Å². The molecular weight excluding hydrogens is 256 g/mol. The van der Waals surface area contributed by atoms with Crippen molar-refractivity contribution in [2.24, 2.45) is 0 Å². The molecule has 1 fully saturated rings. The van der Waals surface area contributed by atoms with Crippen LogP contribution in [0.5, 0.6) is 0 Å². The molecular formula is C12H15BrO2. The fourth-order valence-electron chi connectivity index (χ4n) is 1.49. The molecule has 1 aromatic carbocycles. The Labute approximate surface area is 98.7 Å². The predicted molar refractivity (Wildman–Crippen MR) is 63.0 cm³/mol. The van der Waals surface area contributed by atoms with Crippen LogP contribution in [0, 0.1) is 6.92 Å². The molecule has 2 rings (SSSR count). The number of benzene rings is 1. The first-order chi connectivity index (χ1) is 7.18. The molecule has 1 heterocycles. The quantitative estimate of drug-likeness (QED) is 0.784. The molecule has 1 aromatic rings. The van der Waals surface area contributed by atoms with Crippen molar-refractivity contribution in [2.45, 2.75) is 26.1 Å². The summed E-state index contributed by atoms with van der Waals surface area (Å²) in [7, 11) is 0. The molecule has 2 nitrogen and oxygen atoms in total. The smallest absolute Gasteiger partial charge is 0.104 e. The molecule has 0 aromatic heterocycles. The van der Waals surface area contributed by atoms with E-state index >= 15 is 0 Å². The second-order valence-electron chi connectivity index (χ2n) is 3.91. The van der Waals surface area contributed by atoms with Gasteiger partial charge in [0.2, 0.25) is 0 Å². The Morgan fingerprint density at radius 2 is 2.33 bits per heavy atom. The third kappa shape index (κ3) is 2.80. The maximum absolute atomic E-state index is 5.73. The average Bonchev–Trinajstić information content (AvgIpc) is 3.02. The van der Waals surface area contributed by atoms with Crippen LogP contribution in [0.15, 0.2) is 22.7 Å². The maximum Gasteiger partial charge on any atom is 0.104 e. The number of halogens is 1. The summed E-state index contributed by atoms with van der Waals surface area (Å²) < 4.78 is 12.0. The van der Waals surface area contributed by atoms with E-state index in [2.05, 4.69) is 48.0 Å². The molecule has 0 saturated carbocycles. The lowest BCUT2D eigenvalue weighted by molar-refractivity contribution is 0.0535. The lowest BCUT2D eigenvalue weighted by atomic mass is 10.1. The van der Waals surface area contributed by atoms with Crippen molar-refractivity contribution in [1.82, 2.24) is 0 Å². The van der Waals surface area contributed by atoms with Gasteiger partial charge in [-0.05, 0) is 25.0 Å². The van der Waals surface area contributed by atoms with Gasteiger partial charge in [0.25, 0.3) is 0 Å². The van der Waals surface area contributed by atoms with Crippen LogP contribution in [0.1, 0.15) is 24.2 Å². The van der Waals surface area contributed by atoms with Crippen molar-refractivity contribution >= 4 is 15.9 Å². The zero-order valence-corrected chi connectivity index (χ0v) is 10.6. The Hall–Kier alpha value is -0.380. The van der Waals surface area contributed by atoms with Gasteiger partial charge in [-0.15, -0.1) is 0 Å². The number of rotatable bonds is 4. The monoisotopic (exact) mass is 270 g/mol. The van der Waals surface area contributed by atoms with E-state index in [-0.39, 0.29) is 6.10 Å². The standard InChI is InChI=1S/C12H15BrO2/c1-8-4-3-5-11(12(8)13)9(2)14-6-10-7-15-10/h3-5,9-10H,6-7H2,1-2H3. The van der Waals surface area contributed by atoms with Crippen LogP contribution < -0.4 is 0 Å². The first-order valence-corrected chi connectivity index (χ1v) is 5.96. The number of epoxide rings is 1. The Morgan fingerprint density at radius 1 is 1.60 bits per heavy atom. The Morgan fingerprint density at radius 3 is 3.00 bits per heavy atom. The van der Waals surface area contributed by atoms with Gasteiger partial charge in [0.1, 0.15) is 6.10 Å². The third-order valence-electron chi connectivity index (χ3n) is 2.59. The molecule has 3 heteroatoms. The summed E-state index contributed by atoms with van der Waals surface area (Å²) in [6.45, 7) is 5.70. The van der Waals surface area contributed by atoms with Gasteiger partial charge in [0.15, 0.2) is 0 Å². The van der Waals surface area contributed by atoms with Crippen LogP contribution >= 0.6 is 15.9 Å². The van der Waals surface area contributed by atoms with Gasteiger partial charge in [-0.3, -0.25) is 0 Å². The van der Waals surface area contributed by atoms with E-state index in [0.29, 0.717) is 12.7 Å². The van der Waals surface area contributed by atoms with Gasteiger partial charge in [0, 0.05) is 4.47 Å². The fraction of sp³-hybridized carbons (Fsp3) is 0.500. The zero-order valence-electron chi connectivity index (χ0n) is 9.00. The molecule has 2 atom stereocenters. The molecule has 0 spiro atoms. The molecule has 2 unspecified atom stereocenters. The number of aryl methyl sites for hydroxylation is 1. The highest BCUT2D eigenvalue weighted by Crippen LogP contribution is 2.29. The van der Waals surface area contributed by atoms with Crippen LogP contribution in [0.25, 0.3) is 0 Å². The Kier molecular flexibility index (Phi) is 3.44. The van der Waals surface area contributed by atoms with Gasteiger partial charge in [-0.1, -0.05) is 34.1 Å². The van der Waals surface area contributed by atoms with Crippen LogP contribution in [0.3, 0.4) is 0 Å².